The molecule has 0 bridgehead atoms. The summed E-state index contributed by atoms with van der Waals surface area (Å²) in [5.41, 5.74) is -0.781. The van der Waals surface area contributed by atoms with Crippen LogP contribution in [0, 0.1) is 6.92 Å². The highest BCUT2D eigenvalue weighted by Gasteiger charge is 2.40. The zero-order valence-electron chi connectivity index (χ0n) is 10.0. The molecular formula is C10H14N2O6S. The number of hydrogen-bond donors (Lipinski definition) is 4. The number of aryl methyl sites for hydroxylation is 1. The van der Waals surface area contributed by atoms with Crippen LogP contribution in [0.15, 0.2) is 15.8 Å². The minimum absolute atomic E-state index is 0.0876. The molecule has 1 aromatic rings. The third-order valence-corrected chi connectivity index (χ3v) is 3.20. The van der Waals surface area contributed by atoms with Crippen molar-refractivity contribution in [3.63, 3.8) is 0 Å². The van der Waals surface area contributed by atoms with Gasteiger partial charge >= 0.3 is 5.69 Å². The highest BCUT2D eigenvalue weighted by atomic mass is 32.1. The molecule has 1 saturated heterocycles. The highest BCUT2D eigenvalue weighted by molar-refractivity contribution is 7.75. The smallest absolute Gasteiger partial charge is 0.330 e. The van der Waals surface area contributed by atoms with Gasteiger partial charge in [-0.3, -0.25) is 18.5 Å². The summed E-state index contributed by atoms with van der Waals surface area (Å²) in [4.78, 5) is 25.1. The van der Waals surface area contributed by atoms with Gasteiger partial charge in [-0.25, -0.2) is 4.79 Å². The molecule has 19 heavy (non-hydrogen) atoms. The first-order valence-corrected chi connectivity index (χ1v) is 5.94. The number of nitrogens with one attached hydrogen (secondary N) is 1. The van der Waals surface area contributed by atoms with Crippen LogP contribution in [0.2, 0.25) is 0 Å². The highest BCUT2D eigenvalue weighted by Crippen LogP contribution is 2.29. The zero-order chi connectivity index (χ0) is 14.2. The molecule has 1 aliphatic rings. The number of aliphatic hydroxyl groups is 2. The summed E-state index contributed by atoms with van der Waals surface area (Å²) in [6.45, 7) is 1.54. The fourth-order valence-electron chi connectivity index (χ4n) is 1.96. The predicted octanol–water partition coefficient (Wildman–Crippen LogP) is -1.33. The normalized spacial score (nSPS) is 28.5. The van der Waals surface area contributed by atoms with Crippen LogP contribution in [0.5, 0.6) is 0 Å². The molecule has 1 aliphatic heterocycles. The van der Waals surface area contributed by atoms with Crippen LogP contribution >= 0.6 is 12.9 Å². The fraction of sp³-hybridized carbons (Fsp3) is 0.600. The lowest BCUT2D eigenvalue weighted by molar-refractivity contribution is -0.148. The summed E-state index contributed by atoms with van der Waals surface area (Å²) >= 11 is 3.44. The van der Waals surface area contributed by atoms with E-state index in [1.165, 1.54) is 6.20 Å². The molecule has 0 radical (unpaired) electrons. The monoisotopic (exact) mass is 290 g/mol. The lowest BCUT2D eigenvalue weighted by atomic mass is 10.2. The van der Waals surface area contributed by atoms with Crippen molar-refractivity contribution in [3.05, 3.63) is 32.6 Å². The van der Waals surface area contributed by atoms with E-state index in [0.717, 1.165) is 4.57 Å². The van der Waals surface area contributed by atoms with Gasteiger partial charge < -0.3 is 14.9 Å². The molecule has 0 saturated carbocycles. The number of rotatable bonds is 3. The number of hydrogen-bond acceptors (Lipinski definition) is 7. The summed E-state index contributed by atoms with van der Waals surface area (Å²) < 4.78 is 10.9. The maximum atomic E-state index is 11.7. The number of aliphatic hydroxyl groups excluding tert-OH is 2. The average Bonchev–Trinajstić information content (AvgIpc) is 2.75. The first-order chi connectivity index (χ1) is 8.93. The van der Waals surface area contributed by atoms with Gasteiger partial charge in [-0.15, -0.1) is 0 Å². The fourth-order valence-corrected chi connectivity index (χ4v) is 2.08. The van der Waals surface area contributed by atoms with Crippen LogP contribution in [0.3, 0.4) is 0 Å². The Bertz CT molecular complexity index is 570. The van der Waals surface area contributed by atoms with Crippen molar-refractivity contribution in [2.45, 2.75) is 38.1 Å². The van der Waals surface area contributed by atoms with Crippen LogP contribution in [0.4, 0.5) is 0 Å². The van der Waals surface area contributed by atoms with Crippen molar-refractivity contribution in [3.8, 4) is 0 Å². The molecule has 4 atom stereocenters. The van der Waals surface area contributed by atoms with Crippen molar-refractivity contribution in [1.29, 1.82) is 0 Å². The van der Waals surface area contributed by atoms with Gasteiger partial charge in [0.15, 0.2) is 6.29 Å². The van der Waals surface area contributed by atoms with Gasteiger partial charge in [-0.05, 0) is 19.8 Å². The van der Waals surface area contributed by atoms with Gasteiger partial charge in [-0.1, -0.05) is 0 Å². The summed E-state index contributed by atoms with van der Waals surface area (Å²) in [5, 5.41) is 19.2. The van der Waals surface area contributed by atoms with Crippen LogP contribution < -0.4 is 11.2 Å². The van der Waals surface area contributed by atoms with E-state index in [0.29, 0.717) is 5.56 Å². The molecule has 1 unspecified atom stereocenters. The Labute approximate surface area is 113 Å². The number of aromatic amines is 1. The van der Waals surface area contributed by atoms with E-state index < -0.39 is 36.0 Å². The minimum Gasteiger partial charge on any atom is -0.390 e. The van der Waals surface area contributed by atoms with Crippen LogP contribution in [-0.2, 0) is 8.92 Å². The van der Waals surface area contributed by atoms with E-state index in [-0.39, 0.29) is 6.42 Å². The first kappa shape index (κ1) is 14.3. The number of H-pyrrole nitrogens is 1. The Balaban J connectivity index is 2.28. The van der Waals surface area contributed by atoms with Crippen LogP contribution in [0.1, 0.15) is 18.2 Å². The summed E-state index contributed by atoms with van der Waals surface area (Å²) in [6.07, 6.45) is -2.80. The second kappa shape index (κ2) is 5.47. The lowest BCUT2D eigenvalue weighted by Gasteiger charge is -2.19. The molecule has 0 aliphatic carbocycles. The SMILES string of the molecule is Cc1cn([C@H]2C[C@H](O)[C@@H](C(O)OS)O2)c(=O)[nH]c1=O. The van der Waals surface area contributed by atoms with E-state index in [1.54, 1.807) is 6.92 Å². The summed E-state index contributed by atoms with van der Waals surface area (Å²) in [6, 6.07) is 0. The number of thiol groups is 1. The van der Waals surface area contributed by atoms with E-state index in [4.69, 9.17) is 4.74 Å². The van der Waals surface area contributed by atoms with Gasteiger partial charge in [-0.2, -0.15) is 0 Å². The van der Waals surface area contributed by atoms with Crippen molar-refractivity contribution >= 4 is 12.9 Å². The molecule has 3 N–H and O–H groups in total. The molecule has 1 fully saturated rings. The van der Waals surface area contributed by atoms with Crippen LogP contribution in [0.25, 0.3) is 0 Å². The summed E-state index contributed by atoms with van der Waals surface area (Å²) in [7, 11) is 0. The van der Waals surface area contributed by atoms with Gasteiger partial charge in [0.1, 0.15) is 12.3 Å². The Morgan fingerprint density at radius 1 is 1.63 bits per heavy atom. The van der Waals surface area contributed by atoms with Gasteiger partial charge in [0.25, 0.3) is 5.56 Å². The van der Waals surface area contributed by atoms with Gasteiger partial charge in [0.05, 0.1) is 6.10 Å². The number of aromatic nitrogens is 2. The molecule has 2 heterocycles. The van der Waals surface area contributed by atoms with E-state index in [1.807, 2.05) is 0 Å². The second-order valence-electron chi connectivity index (χ2n) is 4.33. The summed E-state index contributed by atoms with van der Waals surface area (Å²) in [5.74, 6) is 0. The largest absolute Gasteiger partial charge is 0.390 e. The molecule has 8 nitrogen and oxygen atoms in total. The first-order valence-electron chi connectivity index (χ1n) is 5.58. The van der Waals surface area contributed by atoms with E-state index in [9.17, 15) is 19.8 Å². The quantitative estimate of drug-likeness (QED) is 0.312. The molecule has 0 amide bonds. The maximum Gasteiger partial charge on any atom is 0.330 e. The minimum atomic E-state index is -1.41. The van der Waals surface area contributed by atoms with E-state index in [2.05, 4.69) is 22.1 Å². The molecule has 2 rings (SSSR count). The van der Waals surface area contributed by atoms with E-state index >= 15 is 0 Å². The third kappa shape index (κ3) is 2.74. The Morgan fingerprint density at radius 2 is 2.32 bits per heavy atom. The molecule has 0 spiro atoms. The molecule has 0 aromatic carbocycles. The Kier molecular flexibility index (Phi) is 4.11. The standard InChI is InChI=1S/C10H14N2O6S/c1-4-3-12(10(16)11-8(4)14)6-2-5(13)7(17-6)9(15)18-19/h3,5-7,9,13,15,19H,2H2,1H3,(H,11,14,16)/t5-,6+,7-,9?/m0/s1. The van der Waals surface area contributed by atoms with Crippen molar-refractivity contribution in [2.24, 2.45) is 0 Å². The molecule has 1 aromatic heterocycles. The van der Waals surface area contributed by atoms with Gasteiger partial charge in [0.2, 0.25) is 0 Å². The number of ether oxygens (including phenoxy) is 1. The zero-order valence-corrected chi connectivity index (χ0v) is 10.9. The molecule has 9 heteroatoms. The number of nitrogens with zero attached hydrogens (tertiary/aromatic N) is 1. The van der Waals surface area contributed by atoms with Crippen LogP contribution in [-0.4, -0.2) is 38.3 Å². The third-order valence-electron chi connectivity index (χ3n) is 2.98. The van der Waals surface area contributed by atoms with Crippen molar-refractivity contribution in [1.82, 2.24) is 9.55 Å². The Hall–Kier alpha value is -1.13. The predicted molar refractivity (Wildman–Crippen MR) is 66.7 cm³/mol. The lowest BCUT2D eigenvalue weighted by Crippen LogP contribution is -2.35. The molecule has 106 valence electrons. The van der Waals surface area contributed by atoms with Crippen molar-refractivity contribution < 1.29 is 19.1 Å². The average molecular weight is 290 g/mol. The van der Waals surface area contributed by atoms with Crippen molar-refractivity contribution in [2.75, 3.05) is 0 Å². The van der Waals surface area contributed by atoms with Gasteiger partial charge in [0, 0.05) is 18.2 Å². The Morgan fingerprint density at radius 3 is 2.95 bits per heavy atom. The topological polar surface area (TPSA) is 114 Å². The maximum absolute atomic E-state index is 11.7. The second-order valence-corrected chi connectivity index (χ2v) is 4.54. The molecular weight excluding hydrogens is 276 g/mol.